The number of halogens is 1. The van der Waals surface area contributed by atoms with Gasteiger partial charge in [0.2, 0.25) is 0 Å². The summed E-state index contributed by atoms with van der Waals surface area (Å²) < 4.78 is 19.3. The summed E-state index contributed by atoms with van der Waals surface area (Å²) in [4.78, 5) is 17.1. The van der Waals surface area contributed by atoms with E-state index in [0.717, 1.165) is 19.6 Å². The smallest absolute Gasteiger partial charge is 0.256 e. The highest BCUT2D eigenvalue weighted by Gasteiger charge is 2.50. The van der Waals surface area contributed by atoms with Crippen LogP contribution in [0.2, 0.25) is 0 Å². The zero-order valence-corrected chi connectivity index (χ0v) is 15.8. The van der Waals surface area contributed by atoms with Gasteiger partial charge in [-0.2, -0.15) is 0 Å². The number of hydrogen-bond acceptors (Lipinski definition) is 3. The molecule has 2 aliphatic rings. The van der Waals surface area contributed by atoms with E-state index < -0.39 is 5.82 Å². The summed E-state index contributed by atoms with van der Waals surface area (Å²) in [7, 11) is 1.49. The molecule has 0 radical (unpaired) electrons. The average Bonchev–Trinajstić information content (AvgIpc) is 3.13. The van der Waals surface area contributed by atoms with Crippen molar-refractivity contribution in [2.45, 2.75) is 13.5 Å². The maximum absolute atomic E-state index is 14.3. The molecular weight excluding hydrogens is 343 g/mol. The van der Waals surface area contributed by atoms with Crippen LogP contribution in [0.15, 0.2) is 48.5 Å². The maximum atomic E-state index is 14.3. The van der Waals surface area contributed by atoms with Crippen LogP contribution >= 0.6 is 0 Å². The molecule has 0 N–H and O–H groups in total. The number of fused-ring (bicyclic) bond motifs is 1. The molecule has 2 heterocycles. The van der Waals surface area contributed by atoms with E-state index in [2.05, 4.69) is 36.1 Å². The van der Waals surface area contributed by atoms with E-state index in [9.17, 15) is 9.18 Å². The van der Waals surface area contributed by atoms with Crippen molar-refractivity contribution >= 4 is 5.91 Å². The van der Waals surface area contributed by atoms with Gasteiger partial charge in [0.15, 0.2) is 0 Å². The van der Waals surface area contributed by atoms with Crippen LogP contribution in [0.3, 0.4) is 0 Å². The highest BCUT2D eigenvalue weighted by molar-refractivity contribution is 5.95. The number of ether oxygens (including phenoxy) is 1. The highest BCUT2D eigenvalue weighted by atomic mass is 19.1. The third kappa shape index (κ3) is 3.44. The molecule has 0 aromatic heterocycles. The maximum Gasteiger partial charge on any atom is 0.256 e. The van der Waals surface area contributed by atoms with Gasteiger partial charge in [-0.25, -0.2) is 4.39 Å². The Labute approximate surface area is 159 Å². The molecule has 0 aliphatic carbocycles. The normalized spacial score (nSPS) is 24.9. The lowest BCUT2D eigenvalue weighted by molar-refractivity contribution is 0.0757. The zero-order valence-electron chi connectivity index (χ0n) is 15.8. The molecule has 0 spiro atoms. The lowest BCUT2D eigenvalue weighted by Gasteiger charge is -2.25. The SMILES string of the molecule is COc1ccc(C(=O)N2C[C@H]3CN(Cc4ccccc4)C[C@@]3(C)C2)c(F)c1. The second-order valence-electron chi connectivity index (χ2n) is 8.04. The molecule has 0 bridgehead atoms. The van der Waals surface area contributed by atoms with E-state index in [1.807, 2.05) is 11.0 Å². The Kier molecular flexibility index (Phi) is 4.64. The van der Waals surface area contributed by atoms with Crippen molar-refractivity contribution in [3.8, 4) is 5.75 Å². The van der Waals surface area contributed by atoms with E-state index in [0.29, 0.717) is 24.8 Å². The summed E-state index contributed by atoms with van der Waals surface area (Å²) in [6.45, 7) is 6.48. The summed E-state index contributed by atoms with van der Waals surface area (Å²) in [5.74, 6) is 0.102. The molecule has 27 heavy (non-hydrogen) atoms. The van der Waals surface area contributed by atoms with Gasteiger partial charge < -0.3 is 9.64 Å². The molecule has 142 valence electrons. The van der Waals surface area contributed by atoms with Crippen molar-refractivity contribution in [3.63, 3.8) is 0 Å². The van der Waals surface area contributed by atoms with E-state index in [4.69, 9.17) is 4.74 Å². The predicted octanol–water partition coefficient (Wildman–Crippen LogP) is 3.43. The minimum atomic E-state index is -0.521. The molecule has 2 aliphatic heterocycles. The Balaban J connectivity index is 1.43. The third-order valence-corrected chi connectivity index (χ3v) is 5.98. The summed E-state index contributed by atoms with van der Waals surface area (Å²) in [5.41, 5.74) is 1.50. The number of rotatable bonds is 4. The first-order valence-corrected chi connectivity index (χ1v) is 9.37. The Bertz CT molecular complexity index is 841. The number of amides is 1. The topological polar surface area (TPSA) is 32.8 Å². The summed E-state index contributed by atoms with van der Waals surface area (Å²) in [6, 6.07) is 14.9. The van der Waals surface area contributed by atoms with Crippen molar-refractivity contribution in [1.29, 1.82) is 0 Å². The van der Waals surface area contributed by atoms with Crippen LogP contribution in [0.1, 0.15) is 22.8 Å². The lowest BCUT2D eigenvalue weighted by atomic mass is 9.83. The van der Waals surface area contributed by atoms with E-state index in [-0.39, 0.29) is 16.9 Å². The van der Waals surface area contributed by atoms with Gasteiger partial charge in [-0.05, 0) is 23.6 Å². The lowest BCUT2D eigenvalue weighted by Crippen LogP contribution is -2.35. The quantitative estimate of drug-likeness (QED) is 0.829. The first-order chi connectivity index (χ1) is 13.0. The fourth-order valence-electron chi connectivity index (χ4n) is 4.54. The highest BCUT2D eigenvalue weighted by Crippen LogP contribution is 2.43. The molecule has 0 unspecified atom stereocenters. The molecule has 1 amide bonds. The van der Waals surface area contributed by atoms with Crippen molar-refractivity contribution in [3.05, 3.63) is 65.5 Å². The second-order valence-corrected chi connectivity index (χ2v) is 8.04. The fraction of sp³-hybridized carbons (Fsp3) is 0.409. The van der Waals surface area contributed by atoms with E-state index in [1.54, 1.807) is 6.07 Å². The molecule has 0 saturated carbocycles. The number of carbonyl (C=O) groups excluding carboxylic acids is 1. The van der Waals surface area contributed by atoms with Gasteiger partial charge >= 0.3 is 0 Å². The molecule has 4 rings (SSSR count). The van der Waals surface area contributed by atoms with Crippen LogP contribution in [-0.2, 0) is 6.54 Å². The minimum absolute atomic E-state index is 0.0629. The molecule has 2 aromatic rings. The van der Waals surface area contributed by atoms with Gasteiger partial charge in [-0.3, -0.25) is 9.69 Å². The number of methoxy groups -OCH3 is 1. The molecular formula is C22H25FN2O2. The number of benzene rings is 2. The van der Waals surface area contributed by atoms with Crippen molar-refractivity contribution in [1.82, 2.24) is 9.80 Å². The van der Waals surface area contributed by atoms with Gasteiger partial charge in [0.25, 0.3) is 5.91 Å². The van der Waals surface area contributed by atoms with Crippen LogP contribution in [-0.4, -0.2) is 49.0 Å². The molecule has 5 heteroatoms. The van der Waals surface area contributed by atoms with Gasteiger partial charge in [0.05, 0.1) is 12.7 Å². The molecule has 2 atom stereocenters. The number of hydrogen-bond donors (Lipinski definition) is 0. The van der Waals surface area contributed by atoms with Gasteiger partial charge in [0, 0.05) is 44.2 Å². The Morgan fingerprint density at radius 3 is 2.63 bits per heavy atom. The summed E-state index contributed by atoms with van der Waals surface area (Å²) >= 11 is 0. The Morgan fingerprint density at radius 2 is 1.96 bits per heavy atom. The Hall–Kier alpha value is -2.40. The molecule has 4 nitrogen and oxygen atoms in total. The van der Waals surface area contributed by atoms with Crippen LogP contribution in [0.25, 0.3) is 0 Å². The number of nitrogens with zero attached hydrogens (tertiary/aromatic N) is 2. The van der Waals surface area contributed by atoms with Crippen molar-refractivity contribution < 1.29 is 13.9 Å². The fourth-order valence-corrected chi connectivity index (χ4v) is 4.54. The van der Waals surface area contributed by atoms with Crippen molar-refractivity contribution in [2.24, 2.45) is 11.3 Å². The number of carbonyl (C=O) groups is 1. The van der Waals surface area contributed by atoms with Gasteiger partial charge in [0.1, 0.15) is 11.6 Å². The molecule has 2 fully saturated rings. The molecule has 2 aromatic carbocycles. The first kappa shape index (κ1) is 18.0. The zero-order chi connectivity index (χ0) is 19.0. The predicted molar refractivity (Wildman–Crippen MR) is 102 cm³/mol. The first-order valence-electron chi connectivity index (χ1n) is 9.37. The van der Waals surface area contributed by atoms with Gasteiger partial charge in [-0.15, -0.1) is 0 Å². The van der Waals surface area contributed by atoms with Gasteiger partial charge in [-0.1, -0.05) is 37.3 Å². The standard InChI is InChI=1S/C22H25FN2O2/c1-22-14-24(11-16-6-4-3-5-7-16)12-17(22)13-25(15-22)21(26)19-9-8-18(27-2)10-20(19)23/h3-10,17H,11-15H2,1-2H3/t17-,22+/m1/s1. The van der Waals surface area contributed by atoms with E-state index >= 15 is 0 Å². The monoisotopic (exact) mass is 368 g/mol. The molecule has 2 saturated heterocycles. The Morgan fingerprint density at radius 1 is 1.19 bits per heavy atom. The number of likely N-dealkylation sites (tertiary alicyclic amines) is 2. The summed E-state index contributed by atoms with van der Waals surface area (Å²) in [5, 5.41) is 0. The average molecular weight is 368 g/mol. The second kappa shape index (κ2) is 6.97. The minimum Gasteiger partial charge on any atom is -0.497 e. The van der Waals surface area contributed by atoms with Crippen LogP contribution in [0, 0.1) is 17.2 Å². The van der Waals surface area contributed by atoms with Crippen LogP contribution in [0.4, 0.5) is 4.39 Å². The summed E-state index contributed by atoms with van der Waals surface area (Å²) in [6.07, 6.45) is 0. The van der Waals surface area contributed by atoms with Crippen molar-refractivity contribution in [2.75, 3.05) is 33.3 Å². The third-order valence-electron chi connectivity index (χ3n) is 5.98. The van der Waals surface area contributed by atoms with Crippen LogP contribution < -0.4 is 4.74 Å². The van der Waals surface area contributed by atoms with Crippen LogP contribution in [0.5, 0.6) is 5.75 Å². The van der Waals surface area contributed by atoms with E-state index in [1.165, 1.54) is 24.8 Å². The largest absolute Gasteiger partial charge is 0.497 e.